The highest BCUT2D eigenvalue weighted by molar-refractivity contribution is 5.46. The average molecular weight is 225 g/mol. The molecule has 0 fully saturated rings. The van der Waals surface area contributed by atoms with Gasteiger partial charge in [-0.2, -0.15) is 0 Å². The Bertz CT molecular complexity index is 328. The summed E-state index contributed by atoms with van der Waals surface area (Å²) in [5, 5.41) is 3.26. The minimum atomic E-state index is -0.139. The van der Waals surface area contributed by atoms with Crippen LogP contribution in [0.4, 0.5) is 10.1 Å². The van der Waals surface area contributed by atoms with Gasteiger partial charge in [-0.25, -0.2) is 4.39 Å². The molecule has 0 amide bonds. The van der Waals surface area contributed by atoms with E-state index in [0.29, 0.717) is 6.61 Å². The minimum Gasteiger partial charge on any atom is -0.383 e. The molecule has 1 N–H and O–H groups in total. The van der Waals surface area contributed by atoms with Crippen molar-refractivity contribution in [2.45, 2.75) is 32.7 Å². The second-order valence-corrected chi connectivity index (χ2v) is 3.86. The van der Waals surface area contributed by atoms with Crippen LogP contribution in [0.1, 0.15) is 25.8 Å². The van der Waals surface area contributed by atoms with Crippen LogP contribution < -0.4 is 5.32 Å². The third-order valence-electron chi connectivity index (χ3n) is 2.67. The Balaban J connectivity index is 2.69. The molecule has 0 aromatic heterocycles. The van der Waals surface area contributed by atoms with E-state index in [1.165, 1.54) is 0 Å². The Morgan fingerprint density at radius 1 is 1.38 bits per heavy atom. The van der Waals surface area contributed by atoms with Gasteiger partial charge in [-0.3, -0.25) is 0 Å². The SMILES string of the molecule is CCc1ccc(NC(CC)COC)cc1F. The van der Waals surface area contributed by atoms with Crippen molar-refractivity contribution in [1.82, 2.24) is 0 Å². The van der Waals surface area contributed by atoms with Crippen molar-refractivity contribution in [3.8, 4) is 0 Å². The number of aryl methyl sites for hydroxylation is 1. The van der Waals surface area contributed by atoms with Gasteiger partial charge in [-0.05, 0) is 30.5 Å². The first-order valence-corrected chi connectivity index (χ1v) is 5.75. The van der Waals surface area contributed by atoms with Gasteiger partial charge in [-0.1, -0.05) is 19.9 Å². The quantitative estimate of drug-likeness (QED) is 0.802. The molecular formula is C13H20FNO. The van der Waals surface area contributed by atoms with Crippen LogP contribution >= 0.6 is 0 Å². The maximum Gasteiger partial charge on any atom is 0.128 e. The van der Waals surface area contributed by atoms with Gasteiger partial charge in [0.25, 0.3) is 0 Å². The van der Waals surface area contributed by atoms with Crippen LogP contribution in [0.25, 0.3) is 0 Å². The zero-order chi connectivity index (χ0) is 12.0. The number of anilines is 1. The van der Waals surface area contributed by atoms with Crippen LogP contribution in [0.5, 0.6) is 0 Å². The average Bonchev–Trinajstić information content (AvgIpc) is 2.28. The maximum atomic E-state index is 13.5. The summed E-state index contributed by atoms with van der Waals surface area (Å²) < 4.78 is 18.6. The van der Waals surface area contributed by atoms with E-state index in [4.69, 9.17) is 4.74 Å². The molecule has 1 aromatic rings. The highest BCUT2D eigenvalue weighted by Crippen LogP contribution is 2.16. The number of benzene rings is 1. The number of nitrogens with one attached hydrogen (secondary N) is 1. The zero-order valence-electron chi connectivity index (χ0n) is 10.2. The summed E-state index contributed by atoms with van der Waals surface area (Å²) in [7, 11) is 1.67. The lowest BCUT2D eigenvalue weighted by atomic mass is 10.1. The third-order valence-corrected chi connectivity index (χ3v) is 2.67. The highest BCUT2D eigenvalue weighted by Gasteiger charge is 2.07. The molecule has 1 atom stereocenters. The maximum absolute atomic E-state index is 13.5. The lowest BCUT2D eigenvalue weighted by Crippen LogP contribution is -2.23. The molecule has 0 aliphatic heterocycles. The second kappa shape index (κ2) is 6.48. The Kier molecular flexibility index (Phi) is 5.26. The van der Waals surface area contributed by atoms with Gasteiger partial charge in [-0.15, -0.1) is 0 Å². The topological polar surface area (TPSA) is 21.3 Å². The number of ether oxygens (including phenoxy) is 1. The Morgan fingerprint density at radius 3 is 2.62 bits per heavy atom. The van der Waals surface area contributed by atoms with Crippen LogP contribution in [0.2, 0.25) is 0 Å². The van der Waals surface area contributed by atoms with Crippen LogP contribution in [0.15, 0.2) is 18.2 Å². The first kappa shape index (κ1) is 13.0. The van der Waals surface area contributed by atoms with Crippen LogP contribution in [-0.2, 0) is 11.2 Å². The van der Waals surface area contributed by atoms with Crippen molar-refractivity contribution < 1.29 is 9.13 Å². The molecule has 0 saturated carbocycles. The van der Waals surface area contributed by atoms with E-state index < -0.39 is 0 Å². The van der Waals surface area contributed by atoms with Crippen molar-refractivity contribution in [2.75, 3.05) is 19.0 Å². The van der Waals surface area contributed by atoms with Gasteiger partial charge in [0, 0.05) is 18.8 Å². The zero-order valence-corrected chi connectivity index (χ0v) is 10.2. The van der Waals surface area contributed by atoms with Gasteiger partial charge < -0.3 is 10.1 Å². The summed E-state index contributed by atoms with van der Waals surface area (Å²) in [6.45, 7) is 4.66. The van der Waals surface area contributed by atoms with Gasteiger partial charge in [0.05, 0.1) is 6.61 Å². The van der Waals surface area contributed by atoms with Crippen molar-refractivity contribution in [2.24, 2.45) is 0 Å². The second-order valence-electron chi connectivity index (χ2n) is 3.86. The fourth-order valence-electron chi connectivity index (χ4n) is 1.62. The summed E-state index contributed by atoms with van der Waals surface area (Å²) >= 11 is 0. The summed E-state index contributed by atoms with van der Waals surface area (Å²) in [5.74, 6) is -0.139. The molecule has 0 aliphatic rings. The molecule has 1 aromatic carbocycles. The van der Waals surface area contributed by atoms with Crippen molar-refractivity contribution in [1.29, 1.82) is 0 Å². The summed E-state index contributed by atoms with van der Waals surface area (Å²) in [4.78, 5) is 0. The molecule has 0 heterocycles. The van der Waals surface area contributed by atoms with Crippen LogP contribution in [0.3, 0.4) is 0 Å². The number of methoxy groups -OCH3 is 1. The Morgan fingerprint density at radius 2 is 2.12 bits per heavy atom. The molecular weight excluding hydrogens is 205 g/mol. The van der Waals surface area contributed by atoms with Gasteiger partial charge in [0.15, 0.2) is 0 Å². The summed E-state index contributed by atoms with van der Waals surface area (Å²) in [6, 6.07) is 5.53. The molecule has 0 radical (unpaired) electrons. The molecule has 0 saturated heterocycles. The summed E-state index contributed by atoms with van der Waals surface area (Å²) in [5.41, 5.74) is 1.57. The minimum absolute atomic E-state index is 0.139. The first-order chi connectivity index (χ1) is 7.71. The third kappa shape index (κ3) is 3.49. The predicted molar refractivity (Wildman–Crippen MR) is 65.4 cm³/mol. The fourth-order valence-corrected chi connectivity index (χ4v) is 1.62. The van der Waals surface area contributed by atoms with E-state index in [1.54, 1.807) is 13.2 Å². The molecule has 3 heteroatoms. The van der Waals surface area contributed by atoms with Crippen LogP contribution in [-0.4, -0.2) is 19.8 Å². The number of halogens is 1. The molecule has 0 spiro atoms. The molecule has 0 aliphatic carbocycles. The van der Waals surface area contributed by atoms with E-state index in [0.717, 1.165) is 24.1 Å². The fraction of sp³-hybridized carbons (Fsp3) is 0.538. The molecule has 0 bridgehead atoms. The smallest absolute Gasteiger partial charge is 0.128 e. The number of hydrogen-bond acceptors (Lipinski definition) is 2. The number of hydrogen-bond donors (Lipinski definition) is 1. The van der Waals surface area contributed by atoms with Crippen molar-refractivity contribution in [3.63, 3.8) is 0 Å². The van der Waals surface area contributed by atoms with E-state index in [-0.39, 0.29) is 11.9 Å². The largest absolute Gasteiger partial charge is 0.383 e. The normalized spacial score (nSPS) is 12.5. The highest BCUT2D eigenvalue weighted by atomic mass is 19.1. The molecule has 16 heavy (non-hydrogen) atoms. The molecule has 2 nitrogen and oxygen atoms in total. The Labute approximate surface area is 96.8 Å². The van der Waals surface area contributed by atoms with Gasteiger partial charge >= 0.3 is 0 Å². The Hall–Kier alpha value is -1.09. The van der Waals surface area contributed by atoms with E-state index in [9.17, 15) is 4.39 Å². The van der Waals surface area contributed by atoms with E-state index in [1.807, 2.05) is 19.1 Å². The lowest BCUT2D eigenvalue weighted by Gasteiger charge is -2.17. The van der Waals surface area contributed by atoms with Gasteiger partial charge in [0.1, 0.15) is 5.82 Å². The first-order valence-electron chi connectivity index (χ1n) is 5.75. The predicted octanol–water partition coefficient (Wildman–Crippen LogP) is 3.23. The molecule has 90 valence electrons. The van der Waals surface area contributed by atoms with E-state index >= 15 is 0 Å². The van der Waals surface area contributed by atoms with Crippen LogP contribution in [0, 0.1) is 5.82 Å². The van der Waals surface area contributed by atoms with E-state index in [2.05, 4.69) is 12.2 Å². The summed E-state index contributed by atoms with van der Waals surface area (Å²) in [6.07, 6.45) is 1.67. The number of rotatable bonds is 6. The molecule has 1 unspecified atom stereocenters. The molecule has 1 rings (SSSR count). The van der Waals surface area contributed by atoms with Crippen molar-refractivity contribution >= 4 is 5.69 Å². The standard InChI is InChI=1S/C13H20FNO/c1-4-10-6-7-12(8-13(10)14)15-11(5-2)9-16-3/h6-8,11,15H,4-5,9H2,1-3H3. The van der Waals surface area contributed by atoms with Crippen molar-refractivity contribution in [3.05, 3.63) is 29.6 Å². The van der Waals surface area contributed by atoms with Gasteiger partial charge in [0.2, 0.25) is 0 Å². The monoisotopic (exact) mass is 225 g/mol. The lowest BCUT2D eigenvalue weighted by molar-refractivity contribution is 0.184.